The molecule has 0 saturated carbocycles. The van der Waals surface area contributed by atoms with Crippen molar-refractivity contribution in [3.8, 4) is 0 Å². The Hall–Kier alpha value is -2.61. The van der Waals surface area contributed by atoms with Gasteiger partial charge in [-0.25, -0.2) is 0 Å². The summed E-state index contributed by atoms with van der Waals surface area (Å²) in [5.74, 6) is 0. The molecule has 1 N–H and O–H groups in total. The molecule has 1 aromatic heterocycles. The molecule has 1 unspecified atom stereocenters. The standard InChI is InChI=1S/C19H21F3N4O/c1-18(2,27)12-26-16(13-4-6-15(7-5-13)19(20,21)22)8-9-23-17(26)14-10-24-25(3)11-14/h4-11,17,27H,12H2,1-3H3. The Balaban J connectivity index is 1.99. The summed E-state index contributed by atoms with van der Waals surface area (Å²) in [6.07, 6.45) is 2.08. The van der Waals surface area contributed by atoms with Crippen molar-refractivity contribution in [2.24, 2.45) is 12.0 Å². The maximum Gasteiger partial charge on any atom is 0.416 e. The van der Waals surface area contributed by atoms with Crippen LogP contribution in [0.3, 0.4) is 0 Å². The van der Waals surface area contributed by atoms with E-state index in [9.17, 15) is 18.3 Å². The Kier molecular flexibility index (Phi) is 4.86. The molecule has 0 saturated heterocycles. The maximum absolute atomic E-state index is 12.9. The Bertz CT molecular complexity index is 860. The average Bonchev–Trinajstić information content (AvgIpc) is 2.99. The summed E-state index contributed by atoms with van der Waals surface area (Å²) < 4.78 is 40.2. The van der Waals surface area contributed by atoms with Crippen LogP contribution in [0.4, 0.5) is 13.2 Å². The van der Waals surface area contributed by atoms with E-state index in [-0.39, 0.29) is 6.54 Å². The van der Waals surface area contributed by atoms with Crippen LogP contribution in [0.5, 0.6) is 0 Å². The van der Waals surface area contributed by atoms with Crippen LogP contribution in [0.15, 0.2) is 47.7 Å². The van der Waals surface area contributed by atoms with Gasteiger partial charge in [0.25, 0.3) is 0 Å². The lowest BCUT2D eigenvalue weighted by molar-refractivity contribution is -0.137. The highest BCUT2D eigenvalue weighted by Crippen LogP contribution is 2.36. The zero-order valence-corrected chi connectivity index (χ0v) is 15.3. The van der Waals surface area contributed by atoms with E-state index in [1.807, 2.05) is 11.1 Å². The van der Waals surface area contributed by atoms with Crippen molar-refractivity contribution in [3.05, 3.63) is 59.4 Å². The smallest absolute Gasteiger partial charge is 0.389 e. The Labute approximate surface area is 155 Å². The lowest BCUT2D eigenvalue weighted by atomic mass is 10.0. The van der Waals surface area contributed by atoms with Gasteiger partial charge in [-0.1, -0.05) is 12.1 Å². The molecule has 1 aliphatic rings. The van der Waals surface area contributed by atoms with Gasteiger partial charge in [0.15, 0.2) is 0 Å². The van der Waals surface area contributed by atoms with Crippen molar-refractivity contribution in [1.82, 2.24) is 14.7 Å². The van der Waals surface area contributed by atoms with Crippen molar-refractivity contribution in [3.63, 3.8) is 0 Å². The Morgan fingerprint density at radius 2 is 1.81 bits per heavy atom. The molecular weight excluding hydrogens is 357 g/mol. The first-order valence-corrected chi connectivity index (χ1v) is 8.43. The monoisotopic (exact) mass is 378 g/mol. The lowest BCUT2D eigenvalue weighted by Crippen LogP contribution is -2.40. The zero-order chi connectivity index (χ0) is 19.8. The van der Waals surface area contributed by atoms with Gasteiger partial charge in [0.1, 0.15) is 6.17 Å². The van der Waals surface area contributed by atoms with E-state index >= 15 is 0 Å². The number of rotatable bonds is 4. The second kappa shape index (κ2) is 6.84. The first-order valence-electron chi connectivity index (χ1n) is 8.43. The number of halogens is 3. The zero-order valence-electron chi connectivity index (χ0n) is 15.3. The Morgan fingerprint density at radius 3 is 2.33 bits per heavy atom. The molecule has 27 heavy (non-hydrogen) atoms. The summed E-state index contributed by atoms with van der Waals surface area (Å²) in [7, 11) is 1.79. The number of β-amino-alcohol motifs (C(OH)–C–C–N with tert-alkyl or cyclic N) is 1. The first kappa shape index (κ1) is 19.2. The predicted molar refractivity (Wildman–Crippen MR) is 96.9 cm³/mol. The molecule has 0 bridgehead atoms. The fourth-order valence-corrected chi connectivity index (χ4v) is 3.02. The number of aryl methyl sites for hydroxylation is 1. The SMILES string of the molecule is Cn1cc(C2N=CC=C(c3ccc(C(F)(F)F)cc3)N2CC(C)(C)O)cn1. The highest BCUT2D eigenvalue weighted by Gasteiger charge is 2.32. The average molecular weight is 378 g/mol. The molecule has 1 aromatic carbocycles. The number of hydrogen-bond donors (Lipinski definition) is 1. The summed E-state index contributed by atoms with van der Waals surface area (Å²) in [6, 6.07) is 4.99. The number of benzene rings is 1. The van der Waals surface area contributed by atoms with Crippen LogP contribution < -0.4 is 0 Å². The lowest BCUT2D eigenvalue weighted by Gasteiger charge is -2.38. The van der Waals surface area contributed by atoms with Gasteiger partial charge in [0, 0.05) is 37.3 Å². The van der Waals surface area contributed by atoms with E-state index < -0.39 is 23.5 Å². The number of nitrogens with zero attached hydrogens (tertiary/aromatic N) is 4. The molecule has 0 fully saturated rings. The summed E-state index contributed by atoms with van der Waals surface area (Å²) in [5, 5.41) is 14.5. The van der Waals surface area contributed by atoms with E-state index in [1.165, 1.54) is 12.1 Å². The molecule has 0 radical (unpaired) electrons. The van der Waals surface area contributed by atoms with Gasteiger partial charge in [-0.15, -0.1) is 0 Å². The van der Waals surface area contributed by atoms with E-state index in [0.717, 1.165) is 17.7 Å². The van der Waals surface area contributed by atoms with Crippen LogP contribution in [0.2, 0.25) is 0 Å². The van der Waals surface area contributed by atoms with Gasteiger partial charge in [-0.05, 0) is 37.6 Å². The Morgan fingerprint density at radius 1 is 1.15 bits per heavy atom. The fourth-order valence-electron chi connectivity index (χ4n) is 3.02. The van der Waals surface area contributed by atoms with Crippen LogP contribution in [0, 0.1) is 0 Å². The molecule has 144 valence electrons. The van der Waals surface area contributed by atoms with Gasteiger partial charge >= 0.3 is 6.18 Å². The largest absolute Gasteiger partial charge is 0.416 e. The third-order valence-corrected chi connectivity index (χ3v) is 4.15. The predicted octanol–water partition coefficient (Wildman–Crippen LogP) is 3.64. The summed E-state index contributed by atoms with van der Waals surface area (Å²) in [4.78, 5) is 6.37. The van der Waals surface area contributed by atoms with Gasteiger partial charge in [0.2, 0.25) is 0 Å². The van der Waals surface area contributed by atoms with E-state index in [1.54, 1.807) is 44.1 Å². The maximum atomic E-state index is 12.9. The second-order valence-electron chi connectivity index (χ2n) is 7.19. The first-order chi connectivity index (χ1) is 12.5. The molecule has 0 amide bonds. The van der Waals surface area contributed by atoms with Crippen LogP contribution in [-0.2, 0) is 13.2 Å². The second-order valence-corrected chi connectivity index (χ2v) is 7.19. The minimum atomic E-state index is -4.38. The van der Waals surface area contributed by atoms with Crippen molar-refractivity contribution < 1.29 is 18.3 Å². The van der Waals surface area contributed by atoms with Gasteiger partial charge in [0.05, 0.1) is 17.4 Å². The van der Waals surface area contributed by atoms with Crippen molar-refractivity contribution in [1.29, 1.82) is 0 Å². The van der Waals surface area contributed by atoms with Gasteiger partial charge in [-0.3, -0.25) is 9.67 Å². The molecule has 1 aliphatic heterocycles. The molecule has 2 heterocycles. The van der Waals surface area contributed by atoms with Crippen LogP contribution >= 0.6 is 0 Å². The molecule has 2 aromatic rings. The van der Waals surface area contributed by atoms with Crippen molar-refractivity contribution >= 4 is 11.9 Å². The summed E-state index contributed by atoms with van der Waals surface area (Å²) in [6.45, 7) is 3.60. The van der Waals surface area contributed by atoms with Crippen LogP contribution in [0.25, 0.3) is 5.70 Å². The normalized spacial score (nSPS) is 18.0. The fraction of sp³-hybridized carbons (Fsp3) is 0.368. The molecule has 1 atom stereocenters. The number of alkyl halides is 3. The van der Waals surface area contributed by atoms with E-state index in [2.05, 4.69) is 10.1 Å². The van der Waals surface area contributed by atoms with Crippen molar-refractivity contribution in [2.75, 3.05) is 6.54 Å². The summed E-state index contributed by atoms with van der Waals surface area (Å²) in [5.41, 5.74) is 0.407. The van der Waals surface area contributed by atoms with Crippen LogP contribution in [0.1, 0.15) is 36.7 Å². The number of aliphatic imine (C=N–C) groups is 1. The van der Waals surface area contributed by atoms with Gasteiger partial charge in [-0.2, -0.15) is 18.3 Å². The van der Waals surface area contributed by atoms with Gasteiger partial charge < -0.3 is 10.0 Å². The number of aliphatic hydroxyl groups is 1. The molecule has 8 heteroatoms. The van der Waals surface area contributed by atoms with Crippen molar-refractivity contribution in [2.45, 2.75) is 31.8 Å². The minimum Gasteiger partial charge on any atom is -0.389 e. The minimum absolute atomic E-state index is 0.247. The highest BCUT2D eigenvalue weighted by atomic mass is 19.4. The number of hydrogen-bond acceptors (Lipinski definition) is 4. The number of allylic oxidation sites excluding steroid dienone is 1. The molecule has 5 nitrogen and oxygen atoms in total. The topological polar surface area (TPSA) is 53.7 Å². The third-order valence-electron chi connectivity index (χ3n) is 4.15. The van der Waals surface area contributed by atoms with E-state index in [4.69, 9.17) is 0 Å². The third kappa shape index (κ3) is 4.39. The van der Waals surface area contributed by atoms with Crippen LogP contribution in [-0.4, -0.2) is 38.1 Å². The number of aromatic nitrogens is 2. The highest BCUT2D eigenvalue weighted by molar-refractivity contribution is 5.86. The summed E-state index contributed by atoms with van der Waals surface area (Å²) >= 11 is 0. The molecule has 0 spiro atoms. The molecule has 0 aliphatic carbocycles. The van der Waals surface area contributed by atoms with E-state index in [0.29, 0.717) is 11.3 Å². The molecular formula is C19H21F3N4O. The quantitative estimate of drug-likeness (QED) is 0.884. The molecule has 3 rings (SSSR count).